The van der Waals surface area contributed by atoms with E-state index in [-0.39, 0.29) is 31.0 Å². The normalized spacial score (nSPS) is 13.7. The molecule has 0 saturated heterocycles. The lowest BCUT2D eigenvalue weighted by molar-refractivity contribution is -0.127. The SMILES string of the molecule is Cc1cc(Br)cc(Cl)c1OCC(=O)NCC(=O)NC1CC1. The van der Waals surface area contributed by atoms with E-state index in [0.717, 1.165) is 22.9 Å². The number of benzene rings is 1. The maximum Gasteiger partial charge on any atom is 0.258 e. The summed E-state index contributed by atoms with van der Waals surface area (Å²) in [4.78, 5) is 23.1. The van der Waals surface area contributed by atoms with Crippen LogP contribution in [-0.2, 0) is 9.59 Å². The molecule has 5 nitrogen and oxygen atoms in total. The van der Waals surface area contributed by atoms with Gasteiger partial charge in [-0.3, -0.25) is 9.59 Å². The Hall–Kier alpha value is -1.27. The van der Waals surface area contributed by atoms with Crippen molar-refractivity contribution in [1.29, 1.82) is 0 Å². The zero-order valence-electron chi connectivity index (χ0n) is 11.5. The van der Waals surface area contributed by atoms with E-state index in [1.807, 2.05) is 13.0 Å². The van der Waals surface area contributed by atoms with Crippen LogP contribution in [0.25, 0.3) is 0 Å². The van der Waals surface area contributed by atoms with Crippen molar-refractivity contribution in [2.24, 2.45) is 0 Å². The van der Waals surface area contributed by atoms with E-state index >= 15 is 0 Å². The maximum absolute atomic E-state index is 11.6. The van der Waals surface area contributed by atoms with Gasteiger partial charge in [0.05, 0.1) is 11.6 Å². The lowest BCUT2D eigenvalue weighted by Crippen LogP contribution is -2.39. The molecular weight excluding hydrogens is 360 g/mol. The van der Waals surface area contributed by atoms with E-state index in [9.17, 15) is 9.59 Å². The number of amides is 2. The highest BCUT2D eigenvalue weighted by Gasteiger charge is 2.23. The number of carbonyl (C=O) groups excluding carboxylic acids is 2. The molecule has 1 aliphatic rings. The Morgan fingerprint density at radius 2 is 2.10 bits per heavy atom. The van der Waals surface area contributed by atoms with Crippen LogP contribution in [0.3, 0.4) is 0 Å². The standard InChI is InChI=1S/C14H16BrClN2O3/c1-8-4-9(15)5-11(16)14(8)21-7-13(20)17-6-12(19)18-10-2-3-10/h4-5,10H,2-3,6-7H2,1H3,(H,17,20)(H,18,19). The predicted molar refractivity (Wildman–Crippen MR) is 83.6 cm³/mol. The molecule has 21 heavy (non-hydrogen) atoms. The molecule has 0 spiro atoms. The van der Waals surface area contributed by atoms with E-state index < -0.39 is 0 Å². The van der Waals surface area contributed by atoms with Gasteiger partial charge in [0.25, 0.3) is 5.91 Å². The Morgan fingerprint density at radius 3 is 2.71 bits per heavy atom. The average molecular weight is 376 g/mol. The molecule has 1 aliphatic carbocycles. The van der Waals surface area contributed by atoms with Crippen molar-refractivity contribution in [3.63, 3.8) is 0 Å². The summed E-state index contributed by atoms with van der Waals surface area (Å²) in [6, 6.07) is 3.84. The molecule has 0 radical (unpaired) electrons. The van der Waals surface area contributed by atoms with Gasteiger partial charge in [-0.25, -0.2) is 0 Å². The molecule has 1 saturated carbocycles. The second kappa shape index (κ2) is 7.13. The fourth-order valence-corrected chi connectivity index (χ4v) is 2.77. The maximum atomic E-state index is 11.6. The molecule has 0 unspecified atom stereocenters. The summed E-state index contributed by atoms with van der Waals surface area (Å²) in [5.74, 6) is -0.0690. The van der Waals surface area contributed by atoms with Gasteiger partial charge in [0.1, 0.15) is 5.75 Å². The molecule has 7 heteroatoms. The minimum absolute atomic E-state index is 0.0360. The van der Waals surface area contributed by atoms with Crippen molar-refractivity contribution in [3.05, 3.63) is 27.2 Å². The fourth-order valence-electron chi connectivity index (χ4n) is 1.75. The first-order valence-corrected chi connectivity index (χ1v) is 7.77. The Morgan fingerprint density at radius 1 is 1.38 bits per heavy atom. The third kappa shape index (κ3) is 5.21. The van der Waals surface area contributed by atoms with Crippen LogP contribution in [0.15, 0.2) is 16.6 Å². The van der Waals surface area contributed by atoms with Gasteiger partial charge >= 0.3 is 0 Å². The molecule has 0 heterocycles. The Kier molecular flexibility index (Phi) is 5.47. The summed E-state index contributed by atoms with van der Waals surface area (Å²) < 4.78 is 6.26. The van der Waals surface area contributed by atoms with Crippen LogP contribution in [0, 0.1) is 6.92 Å². The summed E-state index contributed by atoms with van der Waals surface area (Å²) in [5.41, 5.74) is 0.827. The number of aryl methyl sites for hydroxylation is 1. The Bertz CT molecular complexity index is 538. The third-order valence-electron chi connectivity index (χ3n) is 2.93. The van der Waals surface area contributed by atoms with Gasteiger partial charge in [-0.05, 0) is 37.5 Å². The minimum Gasteiger partial charge on any atom is -0.482 e. The van der Waals surface area contributed by atoms with Crippen LogP contribution in [0.5, 0.6) is 5.75 Å². The van der Waals surface area contributed by atoms with Crippen LogP contribution >= 0.6 is 27.5 Å². The molecule has 0 aromatic heterocycles. The fraction of sp³-hybridized carbons (Fsp3) is 0.429. The summed E-state index contributed by atoms with van der Waals surface area (Å²) in [6.45, 7) is 1.62. The first kappa shape index (κ1) is 16.1. The lowest BCUT2D eigenvalue weighted by atomic mass is 10.2. The minimum atomic E-state index is -0.362. The van der Waals surface area contributed by atoms with Crippen LogP contribution in [0.1, 0.15) is 18.4 Å². The zero-order valence-corrected chi connectivity index (χ0v) is 13.9. The second-order valence-corrected chi connectivity index (χ2v) is 6.26. The molecule has 1 fully saturated rings. The van der Waals surface area contributed by atoms with E-state index in [2.05, 4.69) is 26.6 Å². The first-order chi connectivity index (χ1) is 9.95. The van der Waals surface area contributed by atoms with Gasteiger partial charge in [0, 0.05) is 10.5 Å². The topological polar surface area (TPSA) is 67.4 Å². The summed E-state index contributed by atoms with van der Waals surface area (Å²) in [7, 11) is 0. The van der Waals surface area contributed by atoms with Crippen molar-refractivity contribution in [2.75, 3.05) is 13.2 Å². The largest absolute Gasteiger partial charge is 0.482 e. The number of carbonyl (C=O) groups is 2. The van der Waals surface area contributed by atoms with Crippen molar-refractivity contribution in [1.82, 2.24) is 10.6 Å². The molecule has 1 aromatic carbocycles. The number of hydrogen-bond donors (Lipinski definition) is 2. The number of rotatable bonds is 6. The van der Waals surface area contributed by atoms with Gasteiger partial charge in [0.2, 0.25) is 5.91 Å². The monoisotopic (exact) mass is 374 g/mol. The van der Waals surface area contributed by atoms with E-state index in [1.54, 1.807) is 6.07 Å². The zero-order chi connectivity index (χ0) is 15.4. The highest BCUT2D eigenvalue weighted by atomic mass is 79.9. The third-order valence-corrected chi connectivity index (χ3v) is 3.67. The van der Waals surface area contributed by atoms with Crippen molar-refractivity contribution in [3.8, 4) is 5.75 Å². The number of ether oxygens (including phenoxy) is 1. The molecule has 2 rings (SSSR count). The van der Waals surface area contributed by atoms with E-state index in [0.29, 0.717) is 10.8 Å². The van der Waals surface area contributed by atoms with Crippen molar-refractivity contribution >= 4 is 39.3 Å². The molecule has 0 aliphatic heterocycles. The van der Waals surface area contributed by atoms with Gasteiger partial charge < -0.3 is 15.4 Å². The molecule has 0 bridgehead atoms. The van der Waals surface area contributed by atoms with Crippen LogP contribution in [0.2, 0.25) is 5.02 Å². The number of hydrogen-bond acceptors (Lipinski definition) is 3. The summed E-state index contributed by atoms with van der Waals surface area (Å²) in [5, 5.41) is 5.73. The van der Waals surface area contributed by atoms with Crippen molar-refractivity contribution < 1.29 is 14.3 Å². The smallest absolute Gasteiger partial charge is 0.258 e. The lowest BCUT2D eigenvalue weighted by Gasteiger charge is -2.11. The number of halogens is 2. The highest BCUT2D eigenvalue weighted by Crippen LogP contribution is 2.31. The Balaban J connectivity index is 1.77. The van der Waals surface area contributed by atoms with Crippen LogP contribution < -0.4 is 15.4 Å². The van der Waals surface area contributed by atoms with Gasteiger partial charge in [0.15, 0.2) is 6.61 Å². The predicted octanol–water partition coefficient (Wildman–Crippen LogP) is 2.18. The van der Waals surface area contributed by atoms with Crippen LogP contribution in [-0.4, -0.2) is 31.0 Å². The van der Waals surface area contributed by atoms with Gasteiger partial charge in [-0.2, -0.15) is 0 Å². The quantitative estimate of drug-likeness (QED) is 0.801. The molecule has 1 aromatic rings. The second-order valence-electron chi connectivity index (χ2n) is 4.94. The van der Waals surface area contributed by atoms with Crippen molar-refractivity contribution in [2.45, 2.75) is 25.8 Å². The molecular formula is C14H16BrClN2O3. The molecule has 114 valence electrons. The Labute approximate surface area is 136 Å². The average Bonchev–Trinajstić information content (AvgIpc) is 3.19. The molecule has 2 N–H and O–H groups in total. The van der Waals surface area contributed by atoms with Gasteiger partial charge in [-0.1, -0.05) is 27.5 Å². The highest BCUT2D eigenvalue weighted by molar-refractivity contribution is 9.10. The van der Waals surface area contributed by atoms with Crippen LogP contribution in [0.4, 0.5) is 0 Å². The first-order valence-electron chi connectivity index (χ1n) is 6.60. The number of nitrogens with one attached hydrogen (secondary N) is 2. The summed E-state index contributed by atoms with van der Waals surface area (Å²) >= 11 is 9.39. The molecule has 2 amide bonds. The molecule has 0 atom stereocenters. The summed E-state index contributed by atoms with van der Waals surface area (Å²) in [6.07, 6.45) is 2.04. The van der Waals surface area contributed by atoms with E-state index in [1.165, 1.54) is 0 Å². The van der Waals surface area contributed by atoms with Gasteiger partial charge in [-0.15, -0.1) is 0 Å². The van der Waals surface area contributed by atoms with E-state index in [4.69, 9.17) is 16.3 Å².